The lowest BCUT2D eigenvalue weighted by molar-refractivity contribution is 0.0821. The highest BCUT2D eigenvalue weighted by Gasteiger charge is 2.20. The Morgan fingerprint density at radius 3 is 2.62 bits per heavy atom. The molecule has 2 aromatic heterocycles. The molecular formula is C19H17F2N5O2S. The molecule has 7 nitrogen and oxygen atoms in total. The Morgan fingerprint density at radius 2 is 1.93 bits per heavy atom. The highest BCUT2D eigenvalue weighted by atomic mass is 32.1. The van der Waals surface area contributed by atoms with Crippen LogP contribution in [0.15, 0.2) is 30.6 Å². The Balaban J connectivity index is 1.84. The zero-order chi connectivity index (χ0) is 21.1. The second-order valence-electron chi connectivity index (χ2n) is 6.42. The van der Waals surface area contributed by atoms with E-state index in [9.17, 15) is 18.4 Å². The van der Waals surface area contributed by atoms with E-state index in [0.717, 1.165) is 23.7 Å². The first-order chi connectivity index (χ1) is 13.8. The summed E-state index contributed by atoms with van der Waals surface area (Å²) in [7, 11) is 3.23. The average Bonchev–Trinajstić information content (AvgIpc) is 3.04. The van der Waals surface area contributed by atoms with Gasteiger partial charge in [-0.2, -0.15) is 4.37 Å². The number of aryl methyl sites for hydroxylation is 1. The van der Waals surface area contributed by atoms with E-state index in [4.69, 9.17) is 0 Å². The Morgan fingerprint density at radius 1 is 1.17 bits per heavy atom. The average molecular weight is 417 g/mol. The number of hydrogen-bond donors (Lipinski definition) is 1. The van der Waals surface area contributed by atoms with Crippen molar-refractivity contribution in [2.75, 3.05) is 19.4 Å². The summed E-state index contributed by atoms with van der Waals surface area (Å²) in [5, 5.41) is 2.55. The number of nitrogens with one attached hydrogen (secondary N) is 1. The maximum absolute atomic E-state index is 13.4. The topological polar surface area (TPSA) is 88.1 Å². The standard InChI is InChI=1S/C19H17F2N5O2S/c1-10-17(18(27)24-11-4-5-13(20)14(21)6-11)16(29-25-10)7-12-8-22-9-15(23-12)19(28)26(2)3/h4-6,8-9H,7H2,1-3H3,(H,24,27). The van der Waals surface area contributed by atoms with Crippen molar-refractivity contribution in [1.29, 1.82) is 0 Å². The molecule has 3 aromatic rings. The third-order valence-corrected chi connectivity index (χ3v) is 4.92. The number of nitrogens with zero attached hydrogens (tertiary/aromatic N) is 4. The highest BCUT2D eigenvalue weighted by Crippen LogP contribution is 2.23. The zero-order valence-electron chi connectivity index (χ0n) is 15.9. The van der Waals surface area contributed by atoms with Crippen molar-refractivity contribution in [2.45, 2.75) is 13.3 Å². The molecule has 2 heterocycles. The monoisotopic (exact) mass is 417 g/mol. The van der Waals surface area contributed by atoms with Crippen LogP contribution in [-0.4, -0.2) is 45.2 Å². The molecule has 0 aliphatic rings. The molecule has 0 atom stereocenters. The number of amides is 2. The molecule has 0 saturated carbocycles. The molecule has 0 aliphatic heterocycles. The summed E-state index contributed by atoms with van der Waals surface area (Å²) in [4.78, 5) is 35.2. The largest absolute Gasteiger partial charge is 0.343 e. The first-order valence-electron chi connectivity index (χ1n) is 8.50. The van der Waals surface area contributed by atoms with Gasteiger partial charge < -0.3 is 10.2 Å². The maximum atomic E-state index is 13.4. The van der Waals surface area contributed by atoms with Gasteiger partial charge in [0.2, 0.25) is 0 Å². The third-order valence-electron chi connectivity index (χ3n) is 3.99. The summed E-state index contributed by atoms with van der Waals surface area (Å²) in [5.41, 5.74) is 1.65. The van der Waals surface area contributed by atoms with Gasteiger partial charge in [0.05, 0.1) is 23.1 Å². The van der Waals surface area contributed by atoms with Crippen LogP contribution in [0.1, 0.15) is 37.1 Å². The Bertz CT molecular complexity index is 1080. The molecule has 1 aromatic carbocycles. The minimum Gasteiger partial charge on any atom is -0.343 e. The number of hydrogen-bond acceptors (Lipinski definition) is 6. The molecule has 0 saturated heterocycles. The van der Waals surface area contributed by atoms with Crippen molar-refractivity contribution >= 4 is 29.0 Å². The minimum absolute atomic E-state index is 0.129. The molecule has 1 N–H and O–H groups in total. The van der Waals surface area contributed by atoms with Gasteiger partial charge in [0.15, 0.2) is 11.6 Å². The van der Waals surface area contributed by atoms with Crippen LogP contribution in [0, 0.1) is 18.6 Å². The van der Waals surface area contributed by atoms with Crippen LogP contribution in [0.4, 0.5) is 14.5 Å². The van der Waals surface area contributed by atoms with E-state index in [2.05, 4.69) is 19.7 Å². The minimum atomic E-state index is -1.05. The first kappa shape index (κ1) is 20.5. The van der Waals surface area contributed by atoms with Gasteiger partial charge in [0.25, 0.3) is 11.8 Å². The lowest BCUT2D eigenvalue weighted by atomic mass is 10.1. The number of aromatic nitrogens is 3. The SMILES string of the molecule is Cc1nsc(Cc2cncc(C(=O)N(C)C)n2)c1C(=O)Nc1ccc(F)c(F)c1. The van der Waals surface area contributed by atoms with Gasteiger partial charge >= 0.3 is 0 Å². The second-order valence-corrected chi connectivity index (χ2v) is 7.28. The Kier molecular flexibility index (Phi) is 5.92. The lowest BCUT2D eigenvalue weighted by Gasteiger charge is -2.10. The molecule has 0 spiro atoms. The Labute approximate surface area is 169 Å². The fourth-order valence-corrected chi connectivity index (χ4v) is 3.47. The van der Waals surface area contributed by atoms with E-state index < -0.39 is 17.5 Å². The third kappa shape index (κ3) is 4.60. The summed E-state index contributed by atoms with van der Waals surface area (Å²) in [5.74, 6) is -2.83. The molecule has 0 fully saturated rings. The molecule has 29 heavy (non-hydrogen) atoms. The van der Waals surface area contributed by atoms with Gasteiger partial charge in [0.1, 0.15) is 5.69 Å². The second kappa shape index (κ2) is 8.39. The molecule has 0 unspecified atom stereocenters. The van der Waals surface area contributed by atoms with Crippen LogP contribution in [0.2, 0.25) is 0 Å². The van der Waals surface area contributed by atoms with Gasteiger partial charge in [-0.15, -0.1) is 0 Å². The van der Waals surface area contributed by atoms with Gasteiger partial charge in [-0.1, -0.05) is 0 Å². The van der Waals surface area contributed by atoms with E-state index in [1.54, 1.807) is 21.0 Å². The molecule has 10 heteroatoms. The molecule has 0 bridgehead atoms. The van der Waals surface area contributed by atoms with E-state index in [1.165, 1.54) is 23.4 Å². The summed E-state index contributed by atoms with van der Waals surface area (Å²) >= 11 is 1.13. The number of anilines is 1. The van der Waals surface area contributed by atoms with Crippen LogP contribution in [0.25, 0.3) is 0 Å². The molecular weight excluding hydrogens is 400 g/mol. The predicted octanol–water partition coefficient (Wildman–Crippen LogP) is 3.06. The quantitative estimate of drug-likeness (QED) is 0.689. The van der Waals surface area contributed by atoms with E-state index in [1.807, 2.05) is 0 Å². The number of carbonyl (C=O) groups excluding carboxylic acids is 2. The molecule has 0 radical (unpaired) electrons. The Hall–Kier alpha value is -3.27. The van der Waals surface area contributed by atoms with E-state index in [0.29, 0.717) is 21.8 Å². The van der Waals surface area contributed by atoms with Crippen LogP contribution in [-0.2, 0) is 6.42 Å². The van der Waals surface area contributed by atoms with Crippen molar-refractivity contribution in [2.24, 2.45) is 0 Å². The number of benzene rings is 1. The molecule has 2 amide bonds. The normalized spacial score (nSPS) is 10.7. The number of rotatable bonds is 5. The van der Waals surface area contributed by atoms with Crippen molar-refractivity contribution < 1.29 is 18.4 Å². The lowest BCUT2D eigenvalue weighted by Crippen LogP contribution is -2.23. The van der Waals surface area contributed by atoms with E-state index >= 15 is 0 Å². The van der Waals surface area contributed by atoms with E-state index in [-0.39, 0.29) is 23.7 Å². The van der Waals surface area contributed by atoms with Crippen LogP contribution in [0.5, 0.6) is 0 Å². The maximum Gasteiger partial charge on any atom is 0.273 e. The van der Waals surface area contributed by atoms with Crippen LogP contribution >= 0.6 is 11.5 Å². The first-order valence-corrected chi connectivity index (χ1v) is 9.27. The van der Waals surface area contributed by atoms with Gasteiger partial charge in [-0.3, -0.25) is 14.6 Å². The summed E-state index contributed by atoms with van der Waals surface area (Å²) in [6.45, 7) is 1.68. The molecule has 150 valence electrons. The van der Waals surface area contributed by atoms with Crippen LogP contribution in [0.3, 0.4) is 0 Å². The predicted molar refractivity (Wildman–Crippen MR) is 104 cm³/mol. The number of carbonyl (C=O) groups is 2. The van der Waals surface area contributed by atoms with Crippen molar-refractivity contribution in [1.82, 2.24) is 19.2 Å². The van der Waals surface area contributed by atoms with Gasteiger partial charge in [-0.05, 0) is 30.6 Å². The fraction of sp³-hybridized carbons (Fsp3) is 0.211. The van der Waals surface area contributed by atoms with Crippen LogP contribution < -0.4 is 5.32 Å². The zero-order valence-corrected chi connectivity index (χ0v) is 16.7. The summed E-state index contributed by atoms with van der Waals surface area (Å²) in [6, 6.07) is 3.12. The molecule has 3 rings (SSSR count). The van der Waals surface area contributed by atoms with Gasteiger partial charge in [0, 0.05) is 43.3 Å². The van der Waals surface area contributed by atoms with Crippen molar-refractivity contribution in [3.63, 3.8) is 0 Å². The highest BCUT2D eigenvalue weighted by molar-refractivity contribution is 7.06. The number of halogens is 2. The smallest absolute Gasteiger partial charge is 0.273 e. The van der Waals surface area contributed by atoms with Crippen molar-refractivity contribution in [3.05, 3.63) is 69.7 Å². The summed E-state index contributed by atoms with van der Waals surface area (Å²) in [6.07, 6.45) is 3.13. The molecule has 0 aliphatic carbocycles. The summed E-state index contributed by atoms with van der Waals surface area (Å²) < 4.78 is 30.7. The van der Waals surface area contributed by atoms with Crippen molar-refractivity contribution in [3.8, 4) is 0 Å². The van der Waals surface area contributed by atoms with Gasteiger partial charge in [-0.25, -0.2) is 13.8 Å². The fourth-order valence-electron chi connectivity index (χ4n) is 2.58.